The van der Waals surface area contributed by atoms with Crippen LogP contribution in [0.5, 0.6) is 5.75 Å². The number of halogens is 1. The Balaban J connectivity index is 1.54. The summed E-state index contributed by atoms with van der Waals surface area (Å²) < 4.78 is 7.99. The Bertz CT molecular complexity index is 629. The minimum absolute atomic E-state index is 0.0339. The van der Waals surface area contributed by atoms with E-state index in [1.807, 2.05) is 30.3 Å². The van der Waals surface area contributed by atoms with Crippen molar-refractivity contribution in [3.63, 3.8) is 0 Å². The summed E-state index contributed by atoms with van der Waals surface area (Å²) in [5, 5.41) is 3.21. The van der Waals surface area contributed by atoms with E-state index in [9.17, 15) is 4.79 Å². The third-order valence-electron chi connectivity index (χ3n) is 3.45. The fraction of sp³-hybridized carbons (Fsp3) is 0.400. The number of H-pyrrole nitrogens is 1. The van der Waals surface area contributed by atoms with Gasteiger partial charge < -0.3 is 4.74 Å². The highest BCUT2D eigenvalue weighted by Crippen LogP contribution is 2.41. The van der Waals surface area contributed by atoms with Crippen LogP contribution >= 0.6 is 15.9 Å². The number of aromatic amines is 1. The molecule has 1 N–H and O–H groups in total. The molecule has 1 aliphatic rings. The van der Waals surface area contributed by atoms with Crippen molar-refractivity contribution in [2.24, 2.45) is 0 Å². The zero-order chi connectivity index (χ0) is 13.9. The second-order valence-electron chi connectivity index (χ2n) is 5.09. The van der Waals surface area contributed by atoms with Gasteiger partial charge in [0.05, 0.1) is 12.3 Å². The summed E-state index contributed by atoms with van der Waals surface area (Å²) in [6.45, 7) is 1.25. The van der Waals surface area contributed by atoms with Gasteiger partial charge in [-0.3, -0.25) is 14.6 Å². The molecule has 20 heavy (non-hydrogen) atoms. The largest absolute Gasteiger partial charge is 0.494 e. The number of benzene rings is 1. The molecule has 5 heteroatoms. The molecule has 1 aromatic carbocycles. The van der Waals surface area contributed by atoms with E-state index in [-0.39, 0.29) is 5.56 Å². The Morgan fingerprint density at radius 2 is 2.05 bits per heavy atom. The maximum absolute atomic E-state index is 12.0. The normalized spacial score (nSPS) is 14.4. The van der Waals surface area contributed by atoms with Crippen molar-refractivity contribution in [2.45, 2.75) is 31.7 Å². The highest BCUT2D eigenvalue weighted by molar-refractivity contribution is 9.10. The molecule has 0 amide bonds. The Morgan fingerprint density at radius 3 is 2.75 bits per heavy atom. The molecule has 0 aliphatic heterocycles. The molecule has 1 heterocycles. The molecular formula is C15H17BrN2O2. The molecule has 1 aromatic heterocycles. The quantitative estimate of drug-likeness (QED) is 0.823. The van der Waals surface area contributed by atoms with Gasteiger partial charge in [0.1, 0.15) is 10.2 Å². The molecule has 0 radical (unpaired) electrons. The lowest BCUT2D eigenvalue weighted by Gasteiger charge is -2.06. The summed E-state index contributed by atoms with van der Waals surface area (Å²) in [6.07, 6.45) is 3.15. The molecule has 0 unspecified atom stereocenters. The van der Waals surface area contributed by atoms with Gasteiger partial charge in [-0.25, -0.2) is 0 Å². The highest BCUT2D eigenvalue weighted by Gasteiger charge is 2.29. The van der Waals surface area contributed by atoms with Gasteiger partial charge in [-0.05, 0) is 40.9 Å². The number of hydrogen-bond donors (Lipinski definition) is 1. The standard InChI is InChI=1S/C15H17BrN2O2/c16-13-14(11-7-8-11)17-18(15(13)19)9-4-10-20-12-5-2-1-3-6-12/h1-3,5-6,11,17H,4,7-10H2. The molecule has 0 atom stereocenters. The van der Waals surface area contributed by atoms with E-state index < -0.39 is 0 Å². The van der Waals surface area contributed by atoms with Crippen molar-refractivity contribution >= 4 is 15.9 Å². The van der Waals surface area contributed by atoms with Crippen LogP contribution in [0.2, 0.25) is 0 Å². The predicted molar refractivity (Wildman–Crippen MR) is 81.3 cm³/mol. The monoisotopic (exact) mass is 336 g/mol. The van der Waals surface area contributed by atoms with Crippen molar-refractivity contribution in [3.05, 3.63) is 50.9 Å². The Morgan fingerprint density at radius 1 is 1.30 bits per heavy atom. The van der Waals surface area contributed by atoms with Crippen molar-refractivity contribution in [1.82, 2.24) is 9.78 Å². The SMILES string of the molecule is O=c1c(Br)c(C2CC2)[nH]n1CCCOc1ccccc1. The smallest absolute Gasteiger partial charge is 0.281 e. The average Bonchev–Trinajstić information content (AvgIpc) is 3.27. The zero-order valence-corrected chi connectivity index (χ0v) is 12.7. The van der Waals surface area contributed by atoms with Crippen molar-refractivity contribution in [1.29, 1.82) is 0 Å². The topological polar surface area (TPSA) is 47.0 Å². The minimum Gasteiger partial charge on any atom is -0.494 e. The highest BCUT2D eigenvalue weighted by atomic mass is 79.9. The fourth-order valence-corrected chi connectivity index (χ4v) is 2.83. The summed E-state index contributed by atoms with van der Waals surface area (Å²) in [7, 11) is 0. The van der Waals surface area contributed by atoms with E-state index in [1.54, 1.807) is 4.68 Å². The second kappa shape index (κ2) is 5.87. The second-order valence-corrected chi connectivity index (χ2v) is 5.88. The molecule has 2 aromatic rings. The lowest BCUT2D eigenvalue weighted by atomic mass is 10.3. The third kappa shape index (κ3) is 2.98. The first kappa shape index (κ1) is 13.5. The number of hydrogen-bond acceptors (Lipinski definition) is 2. The van der Waals surface area contributed by atoms with Crippen LogP contribution in [-0.2, 0) is 6.54 Å². The maximum Gasteiger partial charge on any atom is 0.281 e. The van der Waals surface area contributed by atoms with Crippen LogP contribution in [0, 0.1) is 0 Å². The number of nitrogens with zero attached hydrogens (tertiary/aromatic N) is 1. The Labute approximate surface area is 125 Å². The summed E-state index contributed by atoms with van der Waals surface area (Å²) in [4.78, 5) is 12.0. The molecule has 4 nitrogen and oxygen atoms in total. The molecule has 1 fully saturated rings. The van der Waals surface area contributed by atoms with Crippen LogP contribution in [0.3, 0.4) is 0 Å². The first-order chi connectivity index (χ1) is 9.75. The molecule has 1 aliphatic carbocycles. The first-order valence-corrected chi connectivity index (χ1v) is 7.71. The van der Waals surface area contributed by atoms with Crippen molar-refractivity contribution in [2.75, 3.05) is 6.61 Å². The molecule has 0 spiro atoms. The minimum atomic E-state index is 0.0339. The predicted octanol–water partition coefficient (Wildman–Crippen LogP) is 3.29. The van der Waals surface area contributed by atoms with Crippen LogP contribution in [0.15, 0.2) is 39.6 Å². The molecule has 106 valence electrons. The molecule has 0 saturated heterocycles. The third-order valence-corrected chi connectivity index (χ3v) is 4.21. The Hall–Kier alpha value is -1.49. The van der Waals surface area contributed by atoms with Gasteiger partial charge in [0.2, 0.25) is 0 Å². The zero-order valence-electron chi connectivity index (χ0n) is 11.1. The number of aryl methyl sites for hydroxylation is 1. The van der Waals surface area contributed by atoms with Gasteiger partial charge in [0, 0.05) is 18.9 Å². The van der Waals surface area contributed by atoms with Crippen LogP contribution in [0.4, 0.5) is 0 Å². The van der Waals surface area contributed by atoms with Gasteiger partial charge in [-0.15, -0.1) is 0 Å². The van der Waals surface area contributed by atoms with Crippen LogP contribution in [-0.4, -0.2) is 16.4 Å². The number of nitrogens with one attached hydrogen (secondary N) is 1. The lowest BCUT2D eigenvalue weighted by molar-refractivity contribution is 0.297. The summed E-state index contributed by atoms with van der Waals surface area (Å²) in [5.74, 6) is 1.41. The van der Waals surface area contributed by atoms with Crippen molar-refractivity contribution in [3.8, 4) is 5.75 Å². The molecular weight excluding hydrogens is 320 g/mol. The summed E-state index contributed by atoms with van der Waals surface area (Å²) in [5.41, 5.74) is 1.09. The van der Waals surface area contributed by atoms with Crippen LogP contribution in [0.25, 0.3) is 0 Å². The Kier molecular flexibility index (Phi) is 3.96. The average molecular weight is 337 g/mol. The fourth-order valence-electron chi connectivity index (χ4n) is 2.21. The summed E-state index contributed by atoms with van der Waals surface area (Å²) in [6, 6.07) is 9.72. The van der Waals surface area contributed by atoms with Gasteiger partial charge in [-0.1, -0.05) is 18.2 Å². The van der Waals surface area contributed by atoms with E-state index >= 15 is 0 Å². The van der Waals surface area contributed by atoms with E-state index in [1.165, 1.54) is 12.8 Å². The molecule has 0 bridgehead atoms. The van der Waals surface area contributed by atoms with Crippen LogP contribution in [0.1, 0.15) is 30.9 Å². The van der Waals surface area contributed by atoms with Gasteiger partial charge in [-0.2, -0.15) is 0 Å². The van der Waals surface area contributed by atoms with E-state index in [2.05, 4.69) is 21.0 Å². The molecule has 3 rings (SSSR count). The van der Waals surface area contributed by atoms with E-state index in [0.29, 0.717) is 23.5 Å². The number of aromatic nitrogens is 2. The van der Waals surface area contributed by atoms with E-state index in [4.69, 9.17) is 4.74 Å². The number of para-hydroxylation sites is 1. The summed E-state index contributed by atoms with van der Waals surface area (Å²) >= 11 is 3.39. The lowest BCUT2D eigenvalue weighted by Crippen LogP contribution is -2.18. The van der Waals surface area contributed by atoms with Gasteiger partial charge in [0.15, 0.2) is 0 Å². The van der Waals surface area contributed by atoms with Gasteiger partial charge in [0.25, 0.3) is 5.56 Å². The van der Waals surface area contributed by atoms with Crippen LogP contribution < -0.4 is 10.3 Å². The number of rotatable bonds is 6. The first-order valence-electron chi connectivity index (χ1n) is 6.92. The van der Waals surface area contributed by atoms with Gasteiger partial charge >= 0.3 is 0 Å². The maximum atomic E-state index is 12.0. The number of ether oxygens (including phenoxy) is 1. The van der Waals surface area contributed by atoms with E-state index in [0.717, 1.165) is 17.9 Å². The van der Waals surface area contributed by atoms with Crippen molar-refractivity contribution < 1.29 is 4.74 Å². The molecule has 1 saturated carbocycles.